The summed E-state index contributed by atoms with van der Waals surface area (Å²) < 4.78 is 11.3. The van der Waals surface area contributed by atoms with Gasteiger partial charge in [-0.15, -0.1) is 10.2 Å². The van der Waals surface area contributed by atoms with Crippen LogP contribution in [0.15, 0.2) is 36.4 Å². The molecule has 3 aromatic rings. The highest BCUT2D eigenvalue weighted by Gasteiger charge is 2.12. The van der Waals surface area contributed by atoms with Gasteiger partial charge in [0.25, 0.3) is 0 Å². The van der Waals surface area contributed by atoms with Crippen LogP contribution in [0, 0.1) is 0 Å². The molecule has 0 amide bonds. The summed E-state index contributed by atoms with van der Waals surface area (Å²) in [4.78, 5) is 0. The fourth-order valence-corrected chi connectivity index (χ4v) is 2.78. The van der Waals surface area contributed by atoms with Gasteiger partial charge in [-0.2, -0.15) is 0 Å². The SMILES string of the molecule is CCCCCOc1cc2nnnc(Nc3cccc(Cl)c3)c2cc1OC. The number of methoxy groups -OCH3 is 1. The zero-order valence-corrected chi connectivity index (χ0v) is 15.6. The van der Waals surface area contributed by atoms with Crippen molar-refractivity contribution < 1.29 is 9.47 Å². The molecule has 0 aliphatic heterocycles. The van der Waals surface area contributed by atoms with Crippen molar-refractivity contribution in [1.29, 1.82) is 0 Å². The Hall–Kier alpha value is -2.60. The van der Waals surface area contributed by atoms with Crippen molar-refractivity contribution in [2.75, 3.05) is 19.0 Å². The molecule has 6 nitrogen and oxygen atoms in total. The second-order valence-electron chi connectivity index (χ2n) is 5.85. The van der Waals surface area contributed by atoms with Crippen LogP contribution < -0.4 is 14.8 Å². The number of fused-ring (bicyclic) bond motifs is 1. The van der Waals surface area contributed by atoms with Gasteiger partial charge >= 0.3 is 0 Å². The molecule has 1 aromatic heterocycles. The van der Waals surface area contributed by atoms with Crippen molar-refractivity contribution in [3.8, 4) is 11.5 Å². The Labute approximate surface area is 157 Å². The summed E-state index contributed by atoms with van der Waals surface area (Å²) in [6, 6.07) is 11.1. The molecule has 3 rings (SSSR count). The van der Waals surface area contributed by atoms with Gasteiger partial charge in [0, 0.05) is 16.8 Å². The van der Waals surface area contributed by atoms with E-state index in [-0.39, 0.29) is 0 Å². The van der Waals surface area contributed by atoms with Gasteiger partial charge in [0.15, 0.2) is 17.3 Å². The van der Waals surface area contributed by atoms with E-state index in [1.807, 2.05) is 36.4 Å². The third-order valence-electron chi connectivity index (χ3n) is 3.93. The Morgan fingerprint density at radius 1 is 1.08 bits per heavy atom. The molecule has 26 heavy (non-hydrogen) atoms. The van der Waals surface area contributed by atoms with Crippen LogP contribution in [-0.4, -0.2) is 29.1 Å². The normalized spacial score (nSPS) is 10.7. The zero-order chi connectivity index (χ0) is 18.4. The minimum atomic E-state index is 0.577. The third-order valence-corrected chi connectivity index (χ3v) is 4.16. The highest BCUT2D eigenvalue weighted by molar-refractivity contribution is 6.30. The van der Waals surface area contributed by atoms with E-state index in [1.165, 1.54) is 0 Å². The number of hydrogen-bond donors (Lipinski definition) is 1. The van der Waals surface area contributed by atoms with Gasteiger partial charge in [0.1, 0.15) is 5.52 Å². The van der Waals surface area contributed by atoms with E-state index in [0.717, 1.165) is 30.3 Å². The number of ether oxygens (including phenoxy) is 2. The number of rotatable bonds is 8. The van der Waals surface area contributed by atoms with E-state index < -0.39 is 0 Å². The van der Waals surface area contributed by atoms with Crippen LogP contribution in [0.1, 0.15) is 26.2 Å². The molecule has 2 aromatic carbocycles. The average molecular weight is 373 g/mol. The van der Waals surface area contributed by atoms with Gasteiger partial charge in [0.2, 0.25) is 0 Å². The molecule has 0 atom stereocenters. The van der Waals surface area contributed by atoms with Crippen molar-refractivity contribution >= 4 is 34.0 Å². The summed E-state index contributed by atoms with van der Waals surface area (Å²) in [5, 5.41) is 16.7. The molecule has 0 fully saturated rings. The van der Waals surface area contributed by atoms with E-state index >= 15 is 0 Å². The van der Waals surface area contributed by atoms with Crippen LogP contribution in [0.5, 0.6) is 11.5 Å². The molecule has 0 saturated heterocycles. The summed E-state index contributed by atoms with van der Waals surface area (Å²) >= 11 is 6.04. The second-order valence-corrected chi connectivity index (χ2v) is 6.29. The van der Waals surface area contributed by atoms with Crippen molar-refractivity contribution in [2.45, 2.75) is 26.2 Å². The first-order valence-corrected chi connectivity index (χ1v) is 8.95. The molecule has 0 aliphatic carbocycles. The van der Waals surface area contributed by atoms with Gasteiger partial charge < -0.3 is 14.8 Å². The minimum absolute atomic E-state index is 0.577. The van der Waals surface area contributed by atoms with Crippen LogP contribution >= 0.6 is 11.6 Å². The first-order valence-electron chi connectivity index (χ1n) is 8.57. The van der Waals surface area contributed by atoms with Gasteiger partial charge in [-0.05, 0) is 35.9 Å². The maximum Gasteiger partial charge on any atom is 0.164 e. The summed E-state index contributed by atoms with van der Waals surface area (Å²) in [6.45, 7) is 2.80. The molecule has 1 heterocycles. The van der Waals surface area contributed by atoms with Crippen LogP contribution in [-0.2, 0) is 0 Å². The van der Waals surface area contributed by atoms with Crippen LogP contribution in [0.4, 0.5) is 11.5 Å². The Bertz CT molecular complexity index is 889. The Balaban J connectivity index is 1.91. The van der Waals surface area contributed by atoms with E-state index in [4.69, 9.17) is 21.1 Å². The number of nitrogens with one attached hydrogen (secondary N) is 1. The minimum Gasteiger partial charge on any atom is -0.493 e. The number of hydrogen-bond acceptors (Lipinski definition) is 6. The molecule has 0 radical (unpaired) electrons. The van der Waals surface area contributed by atoms with Gasteiger partial charge in [0.05, 0.1) is 19.1 Å². The summed E-state index contributed by atoms with van der Waals surface area (Å²) in [7, 11) is 1.62. The number of unbranched alkanes of at least 4 members (excludes halogenated alkanes) is 2. The highest BCUT2D eigenvalue weighted by Crippen LogP contribution is 2.34. The fourth-order valence-electron chi connectivity index (χ4n) is 2.59. The lowest BCUT2D eigenvalue weighted by atomic mass is 10.2. The summed E-state index contributed by atoms with van der Waals surface area (Å²) in [6.07, 6.45) is 3.28. The highest BCUT2D eigenvalue weighted by atomic mass is 35.5. The van der Waals surface area contributed by atoms with E-state index in [1.54, 1.807) is 7.11 Å². The number of aromatic nitrogens is 3. The smallest absolute Gasteiger partial charge is 0.164 e. The molecule has 0 saturated carbocycles. The molecule has 1 N–H and O–H groups in total. The van der Waals surface area contributed by atoms with E-state index in [9.17, 15) is 0 Å². The largest absolute Gasteiger partial charge is 0.493 e. The van der Waals surface area contributed by atoms with Gasteiger partial charge in [-0.25, -0.2) is 0 Å². The summed E-state index contributed by atoms with van der Waals surface area (Å²) in [5.74, 6) is 1.87. The van der Waals surface area contributed by atoms with E-state index in [0.29, 0.717) is 34.5 Å². The molecule has 7 heteroatoms. The average Bonchev–Trinajstić information content (AvgIpc) is 2.65. The Kier molecular flexibility index (Phi) is 6.07. The number of halogens is 1. The van der Waals surface area contributed by atoms with Gasteiger partial charge in [-0.3, -0.25) is 0 Å². The molecular weight excluding hydrogens is 352 g/mol. The van der Waals surface area contributed by atoms with Crippen molar-refractivity contribution in [1.82, 2.24) is 15.4 Å². The molecule has 0 aliphatic rings. The van der Waals surface area contributed by atoms with Crippen molar-refractivity contribution in [3.63, 3.8) is 0 Å². The quantitative estimate of drug-likeness (QED) is 0.561. The standard InChI is InChI=1S/C19H21ClN4O2/c1-3-4-5-9-26-18-12-16-15(11-17(18)25-2)19(23-24-22-16)21-14-8-6-7-13(20)10-14/h6-8,10-12H,3-5,9H2,1-2H3,(H,21,22,23). The Morgan fingerprint density at radius 3 is 2.73 bits per heavy atom. The predicted molar refractivity (Wildman–Crippen MR) is 104 cm³/mol. The van der Waals surface area contributed by atoms with Crippen LogP contribution in [0.3, 0.4) is 0 Å². The van der Waals surface area contributed by atoms with Gasteiger partial charge in [-0.1, -0.05) is 37.4 Å². The lowest BCUT2D eigenvalue weighted by Gasteiger charge is -2.13. The number of benzene rings is 2. The maximum absolute atomic E-state index is 6.04. The molecule has 0 spiro atoms. The van der Waals surface area contributed by atoms with Crippen LogP contribution in [0.2, 0.25) is 5.02 Å². The topological polar surface area (TPSA) is 69.2 Å². The molecule has 136 valence electrons. The number of anilines is 2. The summed E-state index contributed by atoms with van der Waals surface area (Å²) in [5.41, 5.74) is 1.49. The zero-order valence-electron chi connectivity index (χ0n) is 14.8. The third kappa shape index (κ3) is 4.32. The molecule has 0 unspecified atom stereocenters. The van der Waals surface area contributed by atoms with Crippen LogP contribution in [0.25, 0.3) is 10.9 Å². The number of nitrogens with zero attached hydrogens (tertiary/aromatic N) is 3. The monoisotopic (exact) mass is 372 g/mol. The predicted octanol–water partition coefficient (Wildman–Crippen LogP) is 5.00. The lowest BCUT2D eigenvalue weighted by molar-refractivity contribution is 0.286. The van der Waals surface area contributed by atoms with E-state index in [2.05, 4.69) is 27.7 Å². The lowest BCUT2D eigenvalue weighted by Crippen LogP contribution is -2.02. The second kappa shape index (κ2) is 8.67. The first-order chi connectivity index (χ1) is 12.7. The maximum atomic E-state index is 6.04. The molecular formula is C19H21ClN4O2. The first kappa shape index (κ1) is 18.2. The molecule has 0 bridgehead atoms. The van der Waals surface area contributed by atoms with Crippen molar-refractivity contribution in [2.24, 2.45) is 0 Å². The fraction of sp³-hybridized carbons (Fsp3) is 0.316. The Morgan fingerprint density at radius 2 is 1.96 bits per heavy atom. The van der Waals surface area contributed by atoms with Crippen molar-refractivity contribution in [3.05, 3.63) is 41.4 Å².